The molecule has 14 heavy (non-hydrogen) atoms. The molecule has 3 aromatic heterocycles. The molecule has 0 amide bonds. The molecule has 0 atom stereocenters. The number of hydrogen-bond acceptors (Lipinski definition) is 4. The summed E-state index contributed by atoms with van der Waals surface area (Å²) in [4.78, 5) is 19.9. The maximum atomic E-state index is 11.8. The average Bonchev–Trinajstić information content (AvgIpc) is 2.66. The Kier molecular flexibility index (Phi) is 1.25. The third-order valence-corrected chi connectivity index (χ3v) is 2.06. The maximum Gasteiger partial charge on any atom is 0.269 e. The summed E-state index contributed by atoms with van der Waals surface area (Å²) >= 11 is 0. The van der Waals surface area contributed by atoms with Gasteiger partial charge in [-0.3, -0.25) is 14.2 Å². The van der Waals surface area contributed by atoms with E-state index < -0.39 is 0 Å². The Morgan fingerprint density at radius 3 is 3.21 bits per heavy atom. The van der Waals surface area contributed by atoms with Crippen molar-refractivity contribution in [3.8, 4) is 0 Å². The summed E-state index contributed by atoms with van der Waals surface area (Å²) in [5.74, 6) is 0. The zero-order valence-electron chi connectivity index (χ0n) is 7.04. The fourth-order valence-electron chi connectivity index (χ4n) is 1.40. The van der Waals surface area contributed by atoms with Crippen LogP contribution >= 0.6 is 0 Å². The average molecular weight is 187 g/mol. The van der Waals surface area contributed by atoms with E-state index in [0.29, 0.717) is 16.6 Å². The lowest BCUT2D eigenvalue weighted by Crippen LogP contribution is -2.13. The molecule has 3 rings (SSSR count). The zero-order chi connectivity index (χ0) is 9.54. The van der Waals surface area contributed by atoms with E-state index in [4.69, 9.17) is 4.42 Å². The van der Waals surface area contributed by atoms with Gasteiger partial charge in [0.15, 0.2) is 5.65 Å². The van der Waals surface area contributed by atoms with E-state index in [1.54, 1.807) is 12.4 Å². The molecule has 5 heteroatoms. The molecule has 0 bridgehead atoms. The van der Waals surface area contributed by atoms with Crippen molar-refractivity contribution in [2.24, 2.45) is 0 Å². The van der Waals surface area contributed by atoms with Crippen LogP contribution in [-0.4, -0.2) is 14.4 Å². The molecule has 0 N–H and O–H groups in total. The molecule has 0 aliphatic heterocycles. The normalized spacial score (nSPS) is 11.1. The lowest BCUT2D eigenvalue weighted by molar-refractivity contribution is 0.571. The fraction of sp³-hybridized carbons (Fsp3) is 0. The van der Waals surface area contributed by atoms with Crippen LogP contribution in [0.25, 0.3) is 16.6 Å². The number of furan rings is 1. The lowest BCUT2D eigenvalue weighted by atomic mass is 10.4. The second-order valence-corrected chi connectivity index (χ2v) is 2.89. The number of nitrogens with zero attached hydrogens (tertiary/aromatic N) is 3. The molecule has 0 unspecified atom stereocenters. The fourth-order valence-corrected chi connectivity index (χ4v) is 1.40. The van der Waals surface area contributed by atoms with Gasteiger partial charge in [-0.1, -0.05) is 0 Å². The maximum absolute atomic E-state index is 11.8. The van der Waals surface area contributed by atoms with Crippen molar-refractivity contribution >= 4 is 16.6 Å². The number of aromatic nitrogens is 3. The number of hydrogen-bond donors (Lipinski definition) is 0. The van der Waals surface area contributed by atoms with Gasteiger partial charge >= 0.3 is 0 Å². The van der Waals surface area contributed by atoms with Gasteiger partial charge in [0.05, 0.1) is 6.20 Å². The Morgan fingerprint density at radius 2 is 2.29 bits per heavy atom. The number of rotatable bonds is 0. The van der Waals surface area contributed by atoms with Gasteiger partial charge in [0.1, 0.15) is 23.4 Å². The molecule has 3 aromatic rings. The van der Waals surface area contributed by atoms with E-state index in [9.17, 15) is 4.79 Å². The summed E-state index contributed by atoms with van der Waals surface area (Å²) in [6.45, 7) is 0. The monoisotopic (exact) mass is 187 g/mol. The number of fused-ring (bicyclic) bond motifs is 2. The summed E-state index contributed by atoms with van der Waals surface area (Å²) in [5.41, 5.74) is 0.940. The summed E-state index contributed by atoms with van der Waals surface area (Å²) in [5, 5.41) is 0.480. The highest BCUT2D eigenvalue weighted by molar-refractivity contribution is 5.77. The van der Waals surface area contributed by atoms with E-state index in [0.717, 1.165) is 0 Å². The van der Waals surface area contributed by atoms with E-state index in [-0.39, 0.29) is 5.56 Å². The first-order valence-corrected chi connectivity index (χ1v) is 4.04. The van der Waals surface area contributed by atoms with E-state index in [2.05, 4.69) is 9.97 Å². The van der Waals surface area contributed by atoms with Crippen molar-refractivity contribution in [1.29, 1.82) is 0 Å². The Balaban J connectivity index is 2.70. The molecule has 68 valence electrons. The summed E-state index contributed by atoms with van der Waals surface area (Å²) in [6.07, 6.45) is 7.51. The van der Waals surface area contributed by atoms with Crippen LogP contribution in [0.5, 0.6) is 0 Å². The topological polar surface area (TPSA) is 60.4 Å². The molecule has 0 radical (unpaired) electrons. The quantitative estimate of drug-likeness (QED) is 0.523. The van der Waals surface area contributed by atoms with Gasteiger partial charge in [-0.15, -0.1) is 0 Å². The third-order valence-electron chi connectivity index (χ3n) is 2.06. The van der Waals surface area contributed by atoms with E-state index in [1.165, 1.54) is 23.1 Å². The van der Waals surface area contributed by atoms with Gasteiger partial charge in [-0.2, -0.15) is 0 Å². The molecule has 0 spiro atoms. The highest BCUT2D eigenvalue weighted by Crippen LogP contribution is 2.08. The molecule has 0 aliphatic carbocycles. The van der Waals surface area contributed by atoms with Gasteiger partial charge in [-0.05, 0) is 0 Å². The minimum Gasteiger partial charge on any atom is -0.469 e. The molecule has 5 nitrogen and oxygen atoms in total. The van der Waals surface area contributed by atoms with Crippen LogP contribution in [0.3, 0.4) is 0 Å². The van der Waals surface area contributed by atoms with Crippen LogP contribution in [0, 0.1) is 0 Å². The van der Waals surface area contributed by atoms with Crippen molar-refractivity contribution < 1.29 is 4.42 Å². The predicted octanol–water partition coefficient (Wildman–Crippen LogP) is 0.836. The van der Waals surface area contributed by atoms with Gasteiger partial charge < -0.3 is 4.42 Å². The van der Waals surface area contributed by atoms with E-state index in [1.807, 2.05) is 0 Å². The van der Waals surface area contributed by atoms with Crippen LogP contribution < -0.4 is 5.56 Å². The second kappa shape index (κ2) is 2.41. The van der Waals surface area contributed by atoms with Crippen molar-refractivity contribution in [1.82, 2.24) is 14.4 Å². The summed E-state index contributed by atoms with van der Waals surface area (Å²) in [7, 11) is 0. The zero-order valence-corrected chi connectivity index (χ0v) is 7.04. The summed E-state index contributed by atoms with van der Waals surface area (Å²) in [6, 6.07) is 0. The van der Waals surface area contributed by atoms with Crippen molar-refractivity contribution in [3.05, 3.63) is 41.5 Å². The SMILES string of the molecule is O=c1c2cocc2nc2cnccn12. The van der Waals surface area contributed by atoms with Gasteiger partial charge in [-0.25, -0.2) is 4.98 Å². The highest BCUT2D eigenvalue weighted by atomic mass is 16.3. The molecule has 0 saturated heterocycles. The van der Waals surface area contributed by atoms with Gasteiger partial charge in [0.2, 0.25) is 0 Å². The molecule has 0 fully saturated rings. The van der Waals surface area contributed by atoms with Crippen molar-refractivity contribution in [2.45, 2.75) is 0 Å². The minimum atomic E-state index is -0.138. The van der Waals surface area contributed by atoms with Gasteiger partial charge in [0, 0.05) is 12.4 Å². The lowest BCUT2D eigenvalue weighted by Gasteiger charge is -1.96. The first-order chi connectivity index (χ1) is 6.86. The molecule has 0 aromatic carbocycles. The Bertz CT molecular complexity index is 668. The molecular formula is C9H5N3O2. The first kappa shape index (κ1) is 7.25. The predicted molar refractivity (Wildman–Crippen MR) is 49.0 cm³/mol. The minimum absolute atomic E-state index is 0.138. The smallest absolute Gasteiger partial charge is 0.269 e. The Labute approximate surface area is 77.6 Å². The molecule has 3 heterocycles. The van der Waals surface area contributed by atoms with Gasteiger partial charge in [0.25, 0.3) is 5.56 Å². The van der Waals surface area contributed by atoms with Crippen molar-refractivity contribution in [3.63, 3.8) is 0 Å². The summed E-state index contributed by atoms with van der Waals surface area (Å²) < 4.78 is 6.36. The molecule has 0 aliphatic rings. The van der Waals surface area contributed by atoms with Crippen LogP contribution in [0.15, 0.2) is 40.3 Å². The first-order valence-electron chi connectivity index (χ1n) is 4.04. The second-order valence-electron chi connectivity index (χ2n) is 2.89. The molecule has 0 saturated carbocycles. The van der Waals surface area contributed by atoms with E-state index >= 15 is 0 Å². The Hall–Kier alpha value is -2.17. The van der Waals surface area contributed by atoms with Crippen LogP contribution in [0.4, 0.5) is 0 Å². The molecular weight excluding hydrogens is 182 g/mol. The van der Waals surface area contributed by atoms with Crippen molar-refractivity contribution in [2.75, 3.05) is 0 Å². The van der Waals surface area contributed by atoms with Crippen LogP contribution in [0.2, 0.25) is 0 Å². The Morgan fingerprint density at radius 1 is 1.36 bits per heavy atom. The largest absolute Gasteiger partial charge is 0.469 e. The van der Waals surface area contributed by atoms with Crippen LogP contribution in [0.1, 0.15) is 0 Å². The highest BCUT2D eigenvalue weighted by Gasteiger charge is 2.05. The third kappa shape index (κ3) is 0.806. The van der Waals surface area contributed by atoms with Crippen LogP contribution in [-0.2, 0) is 0 Å². The standard InChI is InChI=1S/C9H5N3O2/c13-9-6-4-14-5-7(6)11-8-3-10-1-2-12(8)9/h1-5H.